The second kappa shape index (κ2) is 11.3. The van der Waals surface area contributed by atoms with Crippen LogP contribution in [0.3, 0.4) is 0 Å². The first-order valence-electron chi connectivity index (χ1n) is 15.8. The Bertz CT molecular complexity index is 977. The standard InChI is InChI=1S/C34H51NO3/c1-5-24-21-26-29-16-15-27(34(29,4)20-18-30(26)33(3)19-10-9-13-28(24)33)23(2)14-17-31(36)35-22-32(37)38-25-11-7-6-8-12-25/h6-8,11-12,23-24,26-30H,5,9-10,13-22H2,1-4H3,(H,35,36)/t23-,24+,26+,27-,28?,29?,30+,33+,34-/m1/s1. The lowest BCUT2D eigenvalue weighted by molar-refractivity contribution is -0.138. The van der Waals surface area contributed by atoms with Crippen LogP contribution in [-0.4, -0.2) is 18.4 Å². The van der Waals surface area contributed by atoms with E-state index in [-0.39, 0.29) is 12.5 Å². The summed E-state index contributed by atoms with van der Waals surface area (Å²) in [6.07, 6.45) is 15.6. The highest BCUT2D eigenvalue weighted by atomic mass is 16.5. The molecule has 4 saturated carbocycles. The first-order chi connectivity index (χ1) is 18.3. The molecule has 4 aliphatic carbocycles. The Kier molecular flexibility index (Phi) is 8.27. The van der Waals surface area contributed by atoms with E-state index in [0.717, 1.165) is 36.0 Å². The van der Waals surface area contributed by atoms with Crippen molar-refractivity contribution in [2.75, 3.05) is 6.54 Å². The summed E-state index contributed by atoms with van der Waals surface area (Å²) in [5.74, 6) is 5.89. The Labute approximate surface area is 231 Å². The number of amides is 1. The molecule has 4 heteroatoms. The minimum atomic E-state index is -0.424. The number of hydrogen-bond acceptors (Lipinski definition) is 3. The number of para-hydroxylation sites is 1. The Balaban J connectivity index is 1.15. The molecular weight excluding hydrogens is 470 g/mol. The zero-order valence-electron chi connectivity index (χ0n) is 24.3. The quantitative estimate of drug-likeness (QED) is 0.280. The molecule has 0 heterocycles. The van der Waals surface area contributed by atoms with Gasteiger partial charge in [-0.1, -0.05) is 65.2 Å². The molecule has 4 aliphatic rings. The van der Waals surface area contributed by atoms with Crippen molar-refractivity contribution in [2.24, 2.45) is 52.3 Å². The number of benzene rings is 1. The van der Waals surface area contributed by atoms with Crippen LogP contribution in [0.25, 0.3) is 0 Å². The maximum absolute atomic E-state index is 12.6. The lowest BCUT2D eigenvalue weighted by Gasteiger charge is -2.63. The van der Waals surface area contributed by atoms with Crippen molar-refractivity contribution in [3.8, 4) is 5.75 Å². The number of carbonyl (C=O) groups excluding carboxylic acids is 2. The molecule has 0 radical (unpaired) electrons. The molecule has 1 N–H and O–H groups in total. The fraction of sp³-hybridized carbons (Fsp3) is 0.765. The van der Waals surface area contributed by atoms with Crippen molar-refractivity contribution in [2.45, 2.75) is 105 Å². The predicted molar refractivity (Wildman–Crippen MR) is 152 cm³/mol. The SMILES string of the molecule is CC[C@H]1C[C@H]2C3CC[C@H]([C@H](C)CCC(=O)NCC(=O)Oc4ccccc4)[C@@]3(C)CC[C@@H]2[C@@]2(C)CCCCC12. The molecule has 38 heavy (non-hydrogen) atoms. The zero-order chi connectivity index (χ0) is 26.9. The van der Waals surface area contributed by atoms with Gasteiger partial charge in [0, 0.05) is 6.42 Å². The van der Waals surface area contributed by atoms with Crippen LogP contribution in [0.2, 0.25) is 0 Å². The van der Waals surface area contributed by atoms with Crippen LogP contribution in [0.15, 0.2) is 30.3 Å². The van der Waals surface area contributed by atoms with Crippen LogP contribution in [0, 0.1) is 52.3 Å². The van der Waals surface area contributed by atoms with Gasteiger partial charge in [-0.2, -0.15) is 0 Å². The normalized spacial score (nSPS) is 38.8. The fourth-order valence-corrected chi connectivity index (χ4v) is 10.5. The van der Waals surface area contributed by atoms with Crippen LogP contribution >= 0.6 is 0 Å². The lowest BCUT2D eigenvalue weighted by atomic mass is 9.42. The second-order valence-corrected chi connectivity index (χ2v) is 13.9. The Hall–Kier alpha value is -1.84. The third kappa shape index (κ3) is 5.18. The van der Waals surface area contributed by atoms with Crippen molar-refractivity contribution in [3.05, 3.63) is 30.3 Å². The number of carbonyl (C=O) groups is 2. The Morgan fingerprint density at radius 1 is 0.974 bits per heavy atom. The van der Waals surface area contributed by atoms with E-state index in [0.29, 0.717) is 34.8 Å². The summed E-state index contributed by atoms with van der Waals surface area (Å²) in [4.78, 5) is 24.7. The average molecular weight is 522 g/mol. The average Bonchev–Trinajstić information content (AvgIpc) is 3.27. The fourth-order valence-electron chi connectivity index (χ4n) is 10.5. The summed E-state index contributed by atoms with van der Waals surface area (Å²) < 4.78 is 5.29. The van der Waals surface area contributed by atoms with Gasteiger partial charge >= 0.3 is 5.97 Å². The third-order valence-electron chi connectivity index (χ3n) is 12.3. The summed E-state index contributed by atoms with van der Waals surface area (Å²) in [5, 5.41) is 2.78. The minimum absolute atomic E-state index is 0.0420. The van der Waals surface area contributed by atoms with Crippen LogP contribution in [-0.2, 0) is 9.59 Å². The molecule has 5 rings (SSSR count). The van der Waals surface area contributed by atoms with Crippen molar-refractivity contribution < 1.29 is 14.3 Å². The summed E-state index contributed by atoms with van der Waals surface area (Å²) in [6, 6.07) is 9.02. The van der Waals surface area contributed by atoms with Crippen molar-refractivity contribution in [1.29, 1.82) is 0 Å². The van der Waals surface area contributed by atoms with E-state index >= 15 is 0 Å². The number of nitrogens with one attached hydrogen (secondary N) is 1. The first-order valence-corrected chi connectivity index (χ1v) is 15.8. The van der Waals surface area contributed by atoms with E-state index in [1.54, 1.807) is 12.1 Å². The van der Waals surface area contributed by atoms with Gasteiger partial charge in [0.15, 0.2) is 0 Å². The number of fused-ring (bicyclic) bond motifs is 5. The summed E-state index contributed by atoms with van der Waals surface area (Å²) in [6.45, 7) is 10.1. The van der Waals surface area contributed by atoms with Gasteiger partial charge in [-0.15, -0.1) is 0 Å². The van der Waals surface area contributed by atoms with Gasteiger partial charge in [-0.05, 0) is 116 Å². The lowest BCUT2D eigenvalue weighted by Crippen LogP contribution is -2.55. The van der Waals surface area contributed by atoms with Gasteiger partial charge in [0.05, 0.1) is 0 Å². The molecule has 0 saturated heterocycles. The van der Waals surface area contributed by atoms with Gasteiger partial charge in [0.2, 0.25) is 5.91 Å². The zero-order valence-corrected chi connectivity index (χ0v) is 24.3. The van der Waals surface area contributed by atoms with Crippen LogP contribution in [0.4, 0.5) is 0 Å². The smallest absolute Gasteiger partial charge is 0.330 e. The maximum atomic E-state index is 12.6. The van der Waals surface area contributed by atoms with Crippen LogP contribution in [0.1, 0.15) is 105 Å². The molecule has 4 fully saturated rings. The third-order valence-corrected chi connectivity index (χ3v) is 12.3. The van der Waals surface area contributed by atoms with Gasteiger partial charge in [0.25, 0.3) is 0 Å². The van der Waals surface area contributed by atoms with E-state index in [9.17, 15) is 9.59 Å². The van der Waals surface area contributed by atoms with Gasteiger partial charge in [0.1, 0.15) is 12.3 Å². The van der Waals surface area contributed by atoms with Crippen LogP contribution in [0.5, 0.6) is 5.75 Å². The highest BCUT2D eigenvalue weighted by molar-refractivity contribution is 5.82. The number of hydrogen-bond donors (Lipinski definition) is 1. The van der Waals surface area contributed by atoms with E-state index in [2.05, 4.69) is 33.0 Å². The van der Waals surface area contributed by atoms with Crippen molar-refractivity contribution in [3.63, 3.8) is 0 Å². The summed E-state index contributed by atoms with van der Waals surface area (Å²) in [7, 11) is 0. The molecule has 0 aliphatic heterocycles. The Morgan fingerprint density at radius 2 is 1.74 bits per heavy atom. The number of esters is 1. The highest BCUT2D eigenvalue weighted by Crippen LogP contribution is 2.69. The number of ether oxygens (including phenoxy) is 1. The van der Waals surface area contributed by atoms with E-state index in [1.807, 2.05) is 18.2 Å². The molecule has 9 atom stereocenters. The molecule has 4 nitrogen and oxygen atoms in total. The monoisotopic (exact) mass is 521 g/mol. The largest absolute Gasteiger partial charge is 0.425 e. The van der Waals surface area contributed by atoms with Crippen molar-refractivity contribution >= 4 is 11.9 Å². The van der Waals surface area contributed by atoms with Gasteiger partial charge in [-0.3, -0.25) is 4.79 Å². The van der Waals surface area contributed by atoms with Gasteiger partial charge in [-0.25, -0.2) is 4.79 Å². The number of rotatable bonds is 8. The second-order valence-electron chi connectivity index (χ2n) is 13.9. The van der Waals surface area contributed by atoms with Crippen LogP contribution < -0.4 is 10.1 Å². The molecule has 0 aromatic heterocycles. The summed E-state index contributed by atoms with van der Waals surface area (Å²) in [5.41, 5.74) is 0.999. The molecular formula is C34H51NO3. The predicted octanol–water partition coefficient (Wildman–Crippen LogP) is 7.81. The van der Waals surface area contributed by atoms with E-state index in [1.165, 1.54) is 64.2 Å². The molecule has 0 bridgehead atoms. The molecule has 210 valence electrons. The van der Waals surface area contributed by atoms with Gasteiger partial charge < -0.3 is 10.1 Å². The minimum Gasteiger partial charge on any atom is -0.425 e. The molecule has 0 spiro atoms. The van der Waals surface area contributed by atoms with E-state index < -0.39 is 5.97 Å². The topological polar surface area (TPSA) is 55.4 Å². The maximum Gasteiger partial charge on any atom is 0.330 e. The van der Waals surface area contributed by atoms with E-state index in [4.69, 9.17) is 4.74 Å². The van der Waals surface area contributed by atoms with Crippen molar-refractivity contribution in [1.82, 2.24) is 5.32 Å². The molecule has 2 unspecified atom stereocenters. The molecule has 1 aromatic rings. The first kappa shape index (κ1) is 27.7. The molecule has 1 amide bonds. The highest BCUT2D eigenvalue weighted by Gasteiger charge is 2.61. The Morgan fingerprint density at radius 3 is 2.50 bits per heavy atom. The molecule has 1 aromatic carbocycles. The summed E-state index contributed by atoms with van der Waals surface area (Å²) >= 11 is 0.